The number of pyridine rings is 2. The van der Waals surface area contributed by atoms with E-state index in [-0.39, 0.29) is 11.7 Å². The molecule has 1 unspecified atom stereocenters. The van der Waals surface area contributed by atoms with Crippen molar-refractivity contribution in [2.75, 3.05) is 19.7 Å². The zero-order chi connectivity index (χ0) is 28.5. The van der Waals surface area contributed by atoms with Gasteiger partial charge in [0.1, 0.15) is 12.4 Å². The molecule has 2 aliphatic heterocycles. The van der Waals surface area contributed by atoms with Gasteiger partial charge in [-0.15, -0.1) is 0 Å². The Hall–Kier alpha value is -4.34. The molecule has 9 nitrogen and oxygen atoms in total. The lowest BCUT2D eigenvalue weighted by molar-refractivity contribution is -0.0592. The van der Waals surface area contributed by atoms with Gasteiger partial charge in [-0.2, -0.15) is 0 Å². The maximum atomic E-state index is 11.6. The number of aromatic nitrogens is 4. The summed E-state index contributed by atoms with van der Waals surface area (Å²) in [4.78, 5) is 28.0. The standard InChI is InChI=1S/C33H33N5O4/c39-33(40)25-6-7-29-30(17-25)38(19-27-11-15-41-27)31(35-29)20-37-13-9-24(10-14-37)28-2-1-3-32(36-28)42-21-22-4-5-23-8-12-34-18-26(23)16-22/h1-8,12,16-18,24,27H,9-11,13-15,19-21H2,(H,39,40). The number of piperidine rings is 1. The third-order valence-corrected chi connectivity index (χ3v) is 8.46. The monoisotopic (exact) mass is 563 g/mol. The summed E-state index contributed by atoms with van der Waals surface area (Å²) in [7, 11) is 0. The second-order valence-electron chi connectivity index (χ2n) is 11.2. The molecule has 2 aliphatic rings. The van der Waals surface area contributed by atoms with Gasteiger partial charge in [0.05, 0.1) is 35.8 Å². The molecule has 2 fully saturated rings. The molecule has 0 bridgehead atoms. The van der Waals surface area contributed by atoms with Crippen molar-refractivity contribution in [3.05, 3.63) is 95.7 Å². The van der Waals surface area contributed by atoms with Crippen molar-refractivity contribution in [3.63, 3.8) is 0 Å². The number of ether oxygens (including phenoxy) is 2. The van der Waals surface area contributed by atoms with E-state index in [0.717, 1.165) is 77.8 Å². The molecule has 5 heterocycles. The number of carboxylic acid groups (broad SMARTS) is 1. The molecule has 1 N–H and O–H groups in total. The van der Waals surface area contributed by atoms with Crippen LogP contribution in [0.2, 0.25) is 0 Å². The van der Waals surface area contributed by atoms with Gasteiger partial charge in [0, 0.05) is 42.1 Å². The lowest BCUT2D eigenvalue weighted by Gasteiger charge is -2.32. The number of nitrogens with zero attached hydrogens (tertiary/aromatic N) is 5. The number of rotatable bonds is 9. The molecule has 0 radical (unpaired) electrons. The number of imidazole rings is 1. The first-order valence-electron chi connectivity index (χ1n) is 14.6. The summed E-state index contributed by atoms with van der Waals surface area (Å²) >= 11 is 0. The van der Waals surface area contributed by atoms with E-state index in [1.807, 2.05) is 30.5 Å². The molecule has 0 saturated carbocycles. The van der Waals surface area contributed by atoms with E-state index < -0.39 is 5.97 Å². The van der Waals surface area contributed by atoms with Crippen molar-refractivity contribution in [2.24, 2.45) is 0 Å². The van der Waals surface area contributed by atoms with Crippen LogP contribution >= 0.6 is 0 Å². The van der Waals surface area contributed by atoms with Crippen LogP contribution in [0.1, 0.15) is 52.6 Å². The topological polar surface area (TPSA) is 103 Å². The molecule has 214 valence electrons. The quantitative estimate of drug-likeness (QED) is 0.254. The zero-order valence-corrected chi connectivity index (χ0v) is 23.4. The van der Waals surface area contributed by atoms with Gasteiger partial charge in [0.15, 0.2) is 0 Å². The Balaban J connectivity index is 1.000. The molecular weight excluding hydrogens is 530 g/mol. The summed E-state index contributed by atoms with van der Waals surface area (Å²) in [6.07, 6.45) is 6.85. The second-order valence-corrected chi connectivity index (χ2v) is 11.2. The maximum Gasteiger partial charge on any atom is 0.335 e. The van der Waals surface area contributed by atoms with Crippen molar-refractivity contribution < 1.29 is 19.4 Å². The number of carbonyl (C=O) groups is 1. The fourth-order valence-corrected chi connectivity index (χ4v) is 5.97. The molecule has 3 aromatic heterocycles. The van der Waals surface area contributed by atoms with E-state index in [1.54, 1.807) is 18.3 Å². The van der Waals surface area contributed by atoms with Gasteiger partial charge in [0.2, 0.25) is 5.88 Å². The Morgan fingerprint density at radius 2 is 1.88 bits per heavy atom. The van der Waals surface area contributed by atoms with E-state index in [2.05, 4.69) is 38.7 Å². The molecule has 9 heteroatoms. The van der Waals surface area contributed by atoms with Crippen LogP contribution in [0.5, 0.6) is 5.88 Å². The van der Waals surface area contributed by atoms with Crippen molar-refractivity contribution in [2.45, 2.75) is 51.0 Å². The highest BCUT2D eigenvalue weighted by Gasteiger charge is 2.26. The molecule has 5 aromatic rings. The van der Waals surface area contributed by atoms with Crippen LogP contribution in [-0.2, 0) is 24.4 Å². The second kappa shape index (κ2) is 11.5. The van der Waals surface area contributed by atoms with Crippen LogP contribution in [0.4, 0.5) is 0 Å². The van der Waals surface area contributed by atoms with Crippen molar-refractivity contribution >= 4 is 27.8 Å². The van der Waals surface area contributed by atoms with Crippen molar-refractivity contribution in [1.29, 1.82) is 0 Å². The molecule has 0 amide bonds. The summed E-state index contributed by atoms with van der Waals surface area (Å²) in [6, 6.07) is 19.5. The van der Waals surface area contributed by atoms with Crippen LogP contribution < -0.4 is 4.74 Å². The molecule has 0 spiro atoms. The van der Waals surface area contributed by atoms with Gasteiger partial charge in [-0.3, -0.25) is 9.88 Å². The van der Waals surface area contributed by atoms with Crippen LogP contribution in [0.25, 0.3) is 21.8 Å². The minimum absolute atomic E-state index is 0.152. The fraction of sp³-hybridized carbons (Fsp3) is 0.333. The highest BCUT2D eigenvalue weighted by Crippen LogP contribution is 2.30. The van der Waals surface area contributed by atoms with E-state index in [4.69, 9.17) is 19.4 Å². The van der Waals surface area contributed by atoms with E-state index >= 15 is 0 Å². The summed E-state index contributed by atoms with van der Waals surface area (Å²) in [5, 5.41) is 11.8. The fourth-order valence-electron chi connectivity index (χ4n) is 5.97. The molecule has 2 aromatic carbocycles. The summed E-state index contributed by atoms with van der Waals surface area (Å²) in [5.41, 5.74) is 4.12. The molecular formula is C33H33N5O4. The molecule has 1 atom stereocenters. The predicted molar refractivity (Wildman–Crippen MR) is 159 cm³/mol. The average molecular weight is 564 g/mol. The largest absolute Gasteiger partial charge is 0.478 e. The number of hydrogen-bond acceptors (Lipinski definition) is 7. The number of likely N-dealkylation sites (tertiary alicyclic amines) is 1. The highest BCUT2D eigenvalue weighted by molar-refractivity contribution is 5.92. The molecule has 0 aliphatic carbocycles. The molecule has 2 saturated heterocycles. The van der Waals surface area contributed by atoms with Gasteiger partial charge in [-0.25, -0.2) is 14.8 Å². The first kappa shape index (κ1) is 26.6. The molecule has 42 heavy (non-hydrogen) atoms. The summed E-state index contributed by atoms with van der Waals surface area (Å²) in [6.45, 7) is 4.52. The third-order valence-electron chi connectivity index (χ3n) is 8.46. The number of aromatic carboxylic acids is 1. The maximum absolute atomic E-state index is 11.6. The van der Waals surface area contributed by atoms with Crippen molar-refractivity contribution in [3.8, 4) is 5.88 Å². The van der Waals surface area contributed by atoms with Crippen LogP contribution in [0, 0.1) is 0 Å². The Morgan fingerprint density at radius 1 is 1.00 bits per heavy atom. The van der Waals surface area contributed by atoms with E-state index in [0.29, 0.717) is 31.5 Å². The lowest BCUT2D eigenvalue weighted by atomic mass is 9.93. The van der Waals surface area contributed by atoms with Gasteiger partial charge in [-0.1, -0.05) is 18.2 Å². The lowest BCUT2D eigenvalue weighted by Crippen LogP contribution is -2.35. The number of carboxylic acids is 1. The van der Waals surface area contributed by atoms with Crippen LogP contribution in [0.15, 0.2) is 73.1 Å². The first-order valence-corrected chi connectivity index (χ1v) is 14.6. The van der Waals surface area contributed by atoms with E-state index in [9.17, 15) is 9.90 Å². The molecule has 7 rings (SSSR count). The zero-order valence-electron chi connectivity index (χ0n) is 23.4. The smallest absolute Gasteiger partial charge is 0.335 e. The minimum atomic E-state index is -0.928. The summed E-state index contributed by atoms with van der Waals surface area (Å²) < 4.78 is 14.0. The van der Waals surface area contributed by atoms with Crippen LogP contribution in [-0.4, -0.2) is 61.3 Å². The minimum Gasteiger partial charge on any atom is -0.478 e. The Morgan fingerprint density at radius 3 is 2.69 bits per heavy atom. The third kappa shape index (κ3) is 5.57. The Bertz CT molecular complexity index is 1740. The Kier molecular flexibility index (Phi) is 7.27. The Labute approximate surface area is 243 Å². The highest BCUT2D eigenvalue weighted by atomic mass is 16.5. The van der Waals surface area contributed by atoms with E-state index in [1.165, 1.54) is 0 Å². The van der Waals surface area contributed by atoms with Gasteiger partial charge in [0.25, 0.3) is 0 Å². The first-order chi connectivity index (χ1) is 20.6. The predicted octanol–water partition coefficient (Wildman–Crippen LogP) is 5.43. The summed E-state index contributed by atoms with van der Waals surface area (Å²) in [5.74, 6) is 1.05. The number of fused-ring (bicyclic) bond motifs is 2. The SMILES string of the molecule is O=C(O)c1ccc2nc(CN3CCC(c4cccc(OCc5ccc6ccncc6c5)n4)CC3)n(CC3CCO3)c2c1. The van der Waals surface area contributed by atoms with Gasteiger partial charge < -0.3 is 19.1 Å². The number of hydrogen-bond donors (Lipinski definition) is 1. The number of benzene rings is 2. The van der Waals surface area contributed by atoms with Crippen molar-refractivity contribution in [1.82, 2.24) is 24.4 Å². The van der Waals surface area contributed by atoms with Crippen LogP contribution in [0.3, 0.4) is 0 Å². The van der Waals surface area contributed by atoms with Gasteiger partial charge >= 0.3 is 5.97 Å². The normalized spacial score (nSPS) is 17.9. The van der Waals surface area contributed by atoms with Gasteiger partial charge in [-0.05, 0) is 79.7 Å². The average Bonchev–Trinajstić information content (AvgIpc) is 3.34.